The van der Waals surface area contributed by atoms with Gasteiger partial charge < -0.3 is 0 Å². The molecular formula is C9H10N2O. The lowest BCUT2D eigenvalue weighted by atomic mass is 10.2. The van der Waals surface area contributed by atoms with E-state index in [1.54, 1.807) is 0 Å². The molecule has 3 heteroatoms. The molecule has 2 rings (SSSR count). The first-order valence-corrected chi connectivity index (χ1v) is 3.95. The van der Waals surface area contributed by atoms with Crippen molar-refractivity contribution in [2.75, 3.05) is 0 Å². The van der Waals surface area contributed by atoms with Gasteiger partial charge in [0.2, 0.25) is 0 Å². The van der Waals surface area contributed by atoms with Gasteiger partial charge in [0.05, 0.1) is 5.69 Å². The fourth-order valence-electron chi connectivity index (χ4n) is 1.41. The SMILES string of the molecule is C=C1CCn2nc(C(C)=O)cc21. The highest BCUT2D eigenvalue weighted by Crippen LogP contribution is 2.25. The third kappa shape index (κ3) is 0.897. The Morgan fingerprint density at radius 3 is 3.08 bits per heavy atom. The van der Waals surface area contributed by atoms with Gasteiger partial charge in [-0.2, -0.15) is 5.10 Å². The summed E-state index contributed by atoms with van der Waals surface area (Å²) in [5.74, 6) is 0.0182. The van der Waals surface area contributed by atoms with E-state index in [4.69, 9.17) is 0 Å². The number of nitrogens with zero attached hydrogens (tertiary/aromatic N) is 2. The molecule has 0 unspecified atom stereocenters. The van der Waals surface area contributed by atoms with Gasteiger partial charge in [0, 0.05) is 13.5 Å². The van der Waals surface area contributed by atoms with Gasteiger partial charge in [-0.25, -0.2) is 0 Å². The quantitative estimate of drug-likeness (QED) is 0.586. The second kappa shape index (κ2) is 2.30. The molecule has 0 saturated heterocycles. The van der Waals surface area contributed by atoms with Crippen molar-refractivity contribution >= 4 is 11.4 Å². The standard InChI is InChI=1S/C9H10N2O/c1-6-3-4-11-9(6)5-8(10-11)7(2)12/h5H,1,3-4H2,2H3. The molecule has 62 valence electrons. The molecule has 1 aliphatic heterocycles. The van der Waals surface area contributed by atoms with Crippen LogP contribution in [0.15, 0.2) is 12.6 Å². The van der Waals surface area contributed by atoms with Gasteiger partial charge in [-0.05, 0) is 18.1 Å². The average molecular weight is 162 g/mol. The largest absolute Gasteiger partial charge is 0.293 e. The molecule has 1 aromatic heterocycles. The highest BCUT2D eigenvalue weighted by atomic mass is 16.1. The average Bonchev–Trinajstić information content (AvgIpc) is 2.53. The van der Waals surface area contributed by atoms with E-state index in [0.717, 1.165) is 24.2 Å². The first kappa shape index (κ1) is 7.28. The summed E-state index contributed by atoms with van der Waals surface area (Å²) in [6.07, 6.45) is 0.959. The minimum absolute atomic E-state index is 0.0182. The number of Topliss-reactive ketones (excluding diaryl/α,β-unsaturated/α-hetero) is 1. The summed E-state index contributed by atoms with van der Waals surface area (Å²) >= 11 is 0. The summed E-state index contributed by atoms with van der Waals surface area (Å²) in [6, 6.07) is 1.82. The maximum absolute atomic E-state index is 11.0. The first-order chi connectivity index (χ1) is 5.68. The zero-order chi connectivity index (χ0) is 8.72. The molecule has 0 fully saturated rings. The first-order valence-electron chi connectivity index (χ1n) is 3.95. The van der Waals surface area contributed by atoms with Gasteiger partial charge in [0.15, 0.2) is 5.78 Å². The molecule has 1 aliphatic rings. The lowest BCUT2D eigenvalue weighted by Crippen LogP contribution is -1.98. The molecule has 0 radical (unpaired) electrons. The lowest BCUT2D eigenvalue weighted by molar-refractivity contribution is 0.101. The van der Waals surface area contributed by atoms with Crippen LogP contribution in [0.5, 0.6) is 0 Å². The molecule has 0 amide bonds. The number of aromatic nitrogens is 2. The minimum Gasteiger partial charge on any atom is -0.293 e. The van der Waals surface area contributed by atoms with Crippen molar-refractivity contribution in [3.63, 3.8) is 0 Å². The Bertz CT molecular complexity index is 363. The lowest BCUT2D eigenvalue weighted by Gasteiger charge is -1.89. The third-order valence-corrected chi connectivity index (χ3v) is 2.13. The normalized spacial score (nSPS) is 14.9. The number of allylic oxidation sites excluding steroid dienone is 1. The Kier molecular flexibility index (Phi) is 1.40. The molecule has 0 atom stereocenters. The minimum atomic E-state index is 0.0182. The van der Waals surface area contributed by atoms with E-state index >= 15 is 0 Å². The van der Waals surface area contributed by atoms with Crippen molar-refractivity contribution in [1.82, 2.24) is 9.78 Å². The summed E-state index contributed by atoms with van der Waals surface area (Å²) in [4.78, 5) is 11.0. The number of rotatable bonds is 1. The van der Waals surface area contributed by atoms with Crippen molar-refractivity contribution in [1.29, 1.82) is 0 Å². The number of ketones is 1. The zero-order valence-electron chi connectivity index (χ0n) is 7.00. The van der Waals surface area contributed by atoms with Crippen molar-refractivity contribution in [3.05, 3.63) is 24.0 Å². The Labute approximate surface area is 70.7 Å². The van der Waals surface area contributed by atoms with Crippen molar-refractivity contribution < 1.29 is 4.79 Å². The monoisotopic (exact) mass is 162 g/mol. The van der Waals surface area contributed by atoms with Crippen LogP contribution in [-0.4, -0.2) is 15.6 Å². The van der Waals surface area contributed by atoms with Gasteiger partial charge in [0.1, 0.15) is 5.69 Å². The maximum atomic E-state index is 11.0. The molecule has 0 spiro atoms. The highest BCUT2D eigenvalue weighted by Gasteiger charge is 2.18. The van der Waals surface area contributed by atoms with Crippen LogP contribution in [0, 0.1) is 0 Å². The van der Waals surface area contributed by atoms with Gasteiger partial charge in [0.25, 0.3) is 0 Å². The number of hydrogen-bond acceptors (Lipinski definition) is 2. The fourth-order valence-corrected chi connectivity index (χ4v) is 1.41. The number of carbonyl (C=O) groups excluding carboxylic acids is 1. The maximum Gasteiger partial charge on any atom is 0.180 e. The van der Waals surface area contributed by atoms with Crippen LogP contribution in [-0.2, 0) is 6.54 Å². The van der Waals surface area contributed by atoms with Crippen LogP contribution in [0.1, 0.15) is 29.5 Å². The molecule has 2 heterocycles. The predicted octanol–water partition coefficient (Wildman–Crippen LogP) is 1.50. The van der Waals surface area contributed by atoms with Gasteiger partial charge >= 0.3 is 0 Å². The molecule has 0 saturated carbocycles. The molecule has 3 nitrogen and oxygen atoms in total. The Hall–Kier alpha value is -1.38. The van der Waals surface area contributed by atoms with E-state index in [-0.39, 0.29) is 5.78 Å². The van der Waals surface area contributed by atoms with Gasteiger partial charge in [-0.1, -0.05) is 6.58 Å². The highest BCUT2D eigenvalue weighted by molar-refractivity contribution is 5.93. The summed E-state index contributed by atoms with van der Waals surface area (Å²) in [7, 11) is 0. The predicted molar refractivity (Wildman–Crippen MR) is 45.9 cm³/mol. The Balaban J connectivity index is 2.49. The Morgan fingerprint density at radius 1 is 1.75 bits per heavy atom. The molecule has 12 heavy (non-hydrogen) atoms. The summed E-state index contributed by atoms with van der Waals surface area (Å²) in [5.41, 5.74) is 2.64. The van der Waals surface area contributed by atoms with Crippen LogP contribution in [0.3, 0.4) is 0 Å². The van der Waals surface area contributed by atoms with Crippen LogP contribution < -0.4 is 0 Å². The third-order valence-electron chi connectivity index (χ3n) is 2.13. The van der Waals surface area contributed by atoms with Gasteiger partial charge in [-0.3, -0.25) is 9.48 Å². The van der Waals surface area contributed by atoms with Crippen LogP contribution in [0.25, 0.3) is 5.57 Å². The van der Waals surface area contributed by atoms with Crippen molar-refractivity contribution in [2.24, 2.45) is 0 Å². The number of hydrogen-bond donors (Lipinski definition) is 0. The van der Waals surface area contributed by atoms with Crippen LogP contribution in [0.4, 0.5) is 0 Å². The van der Waals surface area contributed by atoms with E-state index in [1.165, 1.54) is 6.92 Å². The number of aryl methyl sites for hydroxylation is 1. The van der Waals surface area contributed by atoms with E-state index in [9.17, 15) is 4.79 Å². The summed E-state index contributed by atoms with van der Waals surface area (Å²) in [6.45, 7) is 6.29. The van der Waals surface area contributed by atoms with Crippen molar-refractivity contribution in [3.8, 4) is 0 Å². The molecule has 0 bridgehead atoms. The fraction of sp³-hybridized carbons (Fsp3) is 0.333. The van der Waals surface area contributed by atoms with E-state index in [2.05, 4.69) is 11.7 Å². The van der Waals surface area contributed by atoms with E-state index in [0.29, 0.717) is 5.69 Å². The molecule has 0 aromatic carbocycles. The molecular weight excluding hydrogens is 152 g/mol. The van der Waals surface area contributed by atoms with Crippen molar-refractivity contribution in [2.45, 2.75) is 19.9 Å². The smallest absolute Gasteiger partial charge is 0.180 e. The molecule has 1 aromatic rings. The number of fused-ring (bicyclic) bond motifs is 1. The number of carbonyl (C=O) groups is 1. The topological polar surface area (TPSA) is 34.9 Å². The van der Waals surface area contributed by atoms with Gasteiger partial charge in [-0.15, -0.1) is 0 Å². The molecule has 0 N–H and O–H groups in total. The van der Waals surface area contributed by atoms with E-state index < -0.39 is 0 Å². The molecule has 0 aliphatic carbocycles. The summed E-state index contributed by atoms with van der Waals surface area (Å²) < 4.78 is 1.85. The van der Waals surface area contributed by atoms with Crippen LogP contribution >= 0.6 is 0 Å². The zero-order valence-corrected chi connectivity index (χ0v) is 7.00. The second-order valence-corrected chi connectivity index (χ2v) is 3.05. The van der Waals surface area contributed by atoms with Crippen LogP contribution in [0.2, 0.25) is 0 Å². The second-order valence-electron chi connectivity index (χ2n) is 3.05. The summed E-state index contributed by atoms with van der Waals surface area (Å²) in [5, 5.41) is 4.15. The van der Waals surface area contributed by atoms with E-state index in [1.807, 2.05) is 10.7 Å². The Morgan fingerprint density at radius 2 is 2.50 bits per heavy atom.